The van der Waals surface area contributed by atoms with Gasteiger partial charge >= 0.3 is 0 Å². The molecule has 0 bridgehead atoms. The molecule has 82 valence electrons. The van der Waals surface area contributed by atoms with E-state index in [9.17, 15) is 0 Å². The maximum Gasteiger partial charge on any atom is 0.0746 e. The van der Waals surface area contributed by atoms with Crippen molar-refractivity contribution in [3.8, 4) is 0 Å². The van der Waals surface area contributed by atoms with Crippen molar-refractivity contribution in [2.45, 2.75) is 13.5 Å². The predicted octanol–water partition coefficient (Wildman–Crippen LogP) is 2.85. The first-order valence-corrected chi connectivity index (χ1v) is 4.35. The molecule has 0 radical (unpaired) electrons. The molecule has 2 nitrogen and oxygen atoms in total. The standard InChI is InChI=1S/C11H12N2.2ClH/c1-8-5-9-3-2-4-13-11(9)10(6-8)7-12;;/h2-6H,7,12H2,1H3;2*1H. The molecule has 0 aliphatic carbocycles. The van der Waals surface area contributed by atoms with Gasteiger partial charge < -0.3 is 5.73 Å². The van der Waals surface area contributed by atoms with Crippen molar-refractivity contribution in [3.05, 3.63) is 41.6 Å². The summed E-state index contributed by atoms with van der Waals surface area (Å²) in [6, 6.07) is 8.23. The minimum atomic E-state index is 0. The van der Waals surface area contributed by atoms with Crippen molar-refractivity contribution in [3.63, 3.8) is 0 Å². The molecule has 0 amide bonds. The van der Waals surface area contributed by atoms with Gasteiger partial charge in [-0.15, -0.1) is 24.8 Å². The average Bonchev–Trinajstić information content (AvgIpc) is 2.16. The summed E-state index contributed by atoms with van der Waals surface area (Å²) in [6.45, 7) is 2.63. The molecule has 2 N–H and O–H groups in total. The van der Waals surface area contributed by atoms with E-state index in [2.05, 4.69) is 30.1 Å². The molecule has 2 aromatic rings. The number of benzene rings is 1. The summed E-state index contributed by atoms with van der Waals surface area (Å²) >= 11 is 0. The Balaban J connectivity index is 0.000000980. The van der Waals surface area contributed by atoms with E-state index < -0.39 is 0 Å². The van der Waals surface area contributed by atoms with Gasteiger partial charge in [-0.05, 0) is 24.6 Å². The second-order valence-corrected chi connectivity index (χ2v) is 3.20. The van der Waals surface area contributed by atoms with Gasteiger partial charge in [0.1, 0.15) is 0 Å². The van der Waals surface area contributed by atoms with Crippen molar-refractivity contribution in [1.82, 2.24) is 4.98 Å². The van der Waals surface area contributed by atoms with Gasteiger partial charge in [0.05, 0.1) is 5.52 Å². The molecule has 1 aromatic heterocycles. The number of hydrogen-bond acceptors (Lipinski definition) is 2. The van der Waals surface area contributed by atoms with Crippen LogP contribution in [0.15, 0.2) is 30.5 Å². The summed E-state index contributed by atoms with van der Waals surface area (Å²) in [5, 5.41) is 1.17. The van der Waals surface area contributed by atoms with Crippen molar-refractivity contribution in [2.75, 3.05) is 0 Å². The number of hydrogen-bond donors (Lipinski definition) is 1. The van der Waals surface area contributed by atoms with Crippen LogP contribution >= 0.6 is 24.8 Å². The van der Waals surface area contributed by atoms with Crippen molar-refractivity contribution >= 4 is 35.7 Å². The molecular weight excluding hydrogens is 231 g/mol. The van der Waals surface area contributed by atoms with E-state index in [1.54, 1.807) is 6.20 Å². The minimum Gasteiger partial charge on any atom is -0.326 e. The first-order valence-electron chi connectivity index (χ1n) is 4.35. The fourth-order valence-electron chi connectivity index (χ4n) is 1.59. The number of nitrogens with two attached hydrogens (primary N) is 1. The smallest absolute Gasteiger partial charge is 0.0746 e. The number of aryl methyl sites for hydroxylation is 1. The Kier molecular flexibility index (Phi) is 5.58. The van der Waals surface area contributed by atoms with Crippen LogP contribution in [0.5, 0.6) is 0 Å². The highest BCUT2D eigenvalue weighted by atomic mass is 35.5. The lowest BCUT2D eigenvalue weighted by Gasteiger charge is -2.04. The highest BCUT2D eigenvalue weighted by molar-refractivity contribution is 5.85. The number of aromatic nitrogens is 1. The summed E-state index contributed by atoms with van der Waals surface area (Å²) in [4.78, 5) is 4.31. The molecule has 1 heterocycles. The third-order valence-corrected chi connectivity index (χ3v) is 2.15. The molecule has 0 unspecified atom stereocenters. The lowest BCUT2D eigenvalue weighted by atomic mass is 10.1. The molecule has 0 fully saturated rings. The molecule has 0 spiro atoms. The molecule has 1 aromatic carbocycles. The molecule has 0 saturated carbocycles. The monoisotopic (exact) mass is 244 g/mol. The number of fused-ring (bicyclic) bond motifs is 1. The Hall–Kier alpha value is -0.830. The highest BCUT2D eigenvalue weighted by Gasteiger charge is 2.00. The van der Waals surface area contributed by atoms with Gasteiger partial charge in [-0.25, -0.2) is 0 Å². The van der Waals surface area contributed by atoms with Crippen LogP contribution in [0.4, 0.5) is 0 Å². The van der Waals surface area contributed by atoms with Gasteiger partial charge in [0.25, 0.3) is 0 Å². The molecule has 15 heavy (non-hydrogen) atoms. The predicted molar refractivity (Wildman–Crippen MR) is 68.9 cm³/mol. The lowest BCUT2D eigenvalue weighted by molar-refractivity contribution is 1.07. The summed E-state index contributed by atoms with van der Waals surface area (Å²) in [6.07, 6.45) is 1.80. The van der Waals surface area contributed by atoms with E-state index >= 15 is 0 Å². The SMILES string of the molecule is Cc1cc(CN)c2ncccc2c1.Cl.Cl. The average molecular weight is 245 g/mol. The molecule has 4 heteroatoms. The van der Waals surface area contributed by atoms with Crippen LogP contribution in [-0.2, 0) is 6.54 Å². The third-order valence-electron chi connectivity index (χ3n) is 2.15. The van der Waals surface area contributed by atoms with E-state index in [1.165, 1.54) is 10.9 Å². The maximum atomic E-state index is 5.64. The van der Waals surface area contributed by atoms with Gasteiger partial charge in [0.15, 0.2) is 0 Å². The largest absolute Gasteiger partial charge is 0.326 e. The van der Waals surface area contributed by atoms with Crippen LogP contribution in [0.2, 0.25) is 0 Å². The van der Waals surface area contributed by atoms with Crippen molar-refractivity contribution in [1.29, 1.82) is 0 Å². The Morgan fingerprint density at radius 3 is 2.67 bits per heavy atom. The second kappa shape index (κ2) is 5.91. The van der Waals surface area contributed by atoms with Crippen LogP contribution in [0.25, 0.3) is 10.9 Å². The van der Waals surface area contributed by atoms with Crippen molar-refractivity contribution < 1.29 is 0 Å². The molecule has 0 aliphatic rings. The number of pyridine rings is 1. The first-order chi connectivity index (χ1) is 6.31. The van der Waals surface area contributed by atoms with Crippen LogP contribution in [-0.4, -0.2) is 4.98 Å². The second-order valence-electron chi connectivity index (χ2n) is 3.20. The lowest BCUT2D eigenvalue weighted by Crippen LogP contribution is -1.98. The topological polar surface area (TPSA) is 38.9 Å². The summed E-state index contributed by atoms with van der Waals surface area (Å²) in [5.41, 5.74) is 9.03. The van der Waals surface area contributed by atoms with E-state index in [4.69, 9.17) is 5.73 Å². The Morgan fingerprint density at radius 2 is 2.00 bits per heavy atom. The zero-order chi connectivity index (χ0) is 9.26. The van der Waals surface area contributed by atoms with Crippen LogP contribution in [0.1, 0.15) is 11.1 Å². The number of halogens is 2. The van der Waals surface area contributed by atoms with E-state index in [0.717, 1.165) is 11.1 Å². The Morgan fingerprint density at radius 1 is 1.27 bits per heavy atom. The van der Waals surface area contributed by atoms with E-state index in [-0.39, 0.29) is 24.8 Å². The molecule has 0 saturated heterocycles. The zero-order valence-corrected chi connectivity index (χ0v) is 10.1. The number of rotatable bonds is 1. The van der Waals surface area contributed by atoms with Gasteiger partial charge in [-0.2, -0.15) is 0 Å². The molecular formula is C11H14Cl2N2. The molecule has 0 aliphatic heterocycles. The van der Waals surface area contributed by atoms with Gasteiger partial charge in [0, 0.05) is 18.1 Å². The summed E-state index contributed by atoms with van der Waals surface area (Å²) < 4.78 is 0. The Bertz CT molecular complexity index is 444. The minimum absolute atomic E-state index is 0. The normalized spacial score (nSPS) is 9.20. The number of nitrogens with zero attached hydrogens (tertiary/aromatic N) is 1. The van der Waals surface area contributed by atoms with E-state index in [1.807, 2.05) is 6.07 Å². The van der Waals surface area contributed by atoms with Crippen LogP contribution in [0, 0.1) is 6.92 Å². The zero-order valence-electron chi connectivity index (χ0n) is 8.43. The van der Waals surface area contributed by atoms with Gasteiger partial charge in [-0.3, -0.25) is 4.98 Å². The quantitative estimate of drug-likeness (QED) is 0.838. The fourth-order valence-corrected chi connectivity index (χ4v) is 1.59. The Labute approximate surface area is 102 Å². The van der Waals surface area contributed by atoms with Crippen molar-refractivity contribution in [2.24, 2.45) is 5.73 Å². The van der Waals surface area contributed by atoms with Gasteiger partial charge in [0.2, 0.25) is 0 Å². The highest BCUT2D eigenvalue weighted by Crippen LogP contribution is 2.17. The van der Waals surface area contributed by atoms with Crippen LogP contribution < -0.4 is 5.73 Å². The summed E-state index contributed by atoms with van der Waals surface area (Å²) in [5.74, 6) is 0. The third kappa shape index (κ3) is 2.81. The summed E-state index contributed by atoms with van der Waals surface area (Å²) in [7, 11) is 0. The molecule has 0 atom stereocenters. The van der Waals surface area contributed by atoms with E-state index in [0.29, 0.717) is 6.54 Å². The first kappa shape index (κ1) is 14.2. The maximum absolute atomic E-state index is 5.64. The fraction of sp³-hybridized carbons (Fsp3) is 0.182. The molecule has 2 rings (SSSR count). The van der Waals surface area contributed by atoms with Crippen LogP contribution in [0.3, 0.4) is 0 Å². The van der Waals surface area contributed by atoms with Gasteiger partial charge in [-0.1, -0.05) is 17.7 Å².